The Bertz CT molecular complexity index is 1230. The van der Waals surface area contributed by atoms with Crippen molar-refractivity contribution in [3.05, 3.63) is 54.6 Å². The first-order valence-electron chi connectivity index (χ1n) is 10.6. The van der Waals surface area contributed by atoms with Gasteiger partial charge in [-0.05, 0) is 62.2 Å². The summed E-state index contributed by atoms with van der Waals surface area (Å²) in [6.07, 6.45) is 6.65. The average Bonchev–Trinajstić information content (AvgIpc) is 3.47. The van der Waals surface area contributed by atoms with Crippen LogP contribution in [0.1, 0.15) is 25.8 Å². The number of nitrogens with zero attached hydrogens (tertiary/aromatic N) is 5. The van der Waals surface area contributed by atoms with Crippen molar-refractivity contribution in [1.82, 2.24) is 29.6 Å². The Morgan fingerprint density at radius 1 is 1.26 bits per heavy atom. The van der Waals surface area contributed by atoms with Crippen LogP contribution < -0.4 is 10.6 Å². The lowest BCUT2D eigenvalue weighted by Gasteiger charge is -2.21. The maximum absolute atomic E-state index is 10.8. The minimum absolute atomic E-state index is 0.397. The van der Waals surface area contributed by atoms with Gasteiger partial charge in [0.2, 0.25) is 0 Å². The standard InChI is InChI=1S/C23H27N7O/c1-23(2,31)18-10-19-20(9-17(18)15-11-26-29(3)13-15)30(14-25-19)22-6-4-5-21(28-22)27-16-7-8-24-12-16/h4-6,9-11,13-14,16,24,31H,7-8,12H2,1-3H3,(H,27,28). The third kappa shape index (κ3) is 3.80. The molecule has 8 heteroatoms. The molecule has 31 heavy (non-hydrogen) atoms. The maximum atomic E-state index is 10.8. The van der Waals surface area contributed by atoms with E-state index in [0.29, 0.717) is 6.04 Å². The Morgan fingerprint density at radius 2 is 2.13 bits per heavy atom. The lowest BCUT2D eigenvalue weighted by atomic mass is 9.90. The number of rotatable bonds is 5. The van der Waals surface area contributed by atoms with E-state index in [-0.39, 0.29) is 0 Å². The summed E-state index contributed by atoms with van der Waals surface area (Å²) in [6.45, 7) is 5.57. The summed E-state index contributed by atoms with van der Waals surface area (Å²) in [6, 6.07) is 10.4. The summed E-state index contributed by atoms with van der Waals surface area (Å²) in [4.78, 5) is 9.43. The molecule has 4 heterocycles. The van der Waals surface area contributed by atoms with Gasteiger partial charge in [0.15, 0.2) is 0 Å². The van der Waals surface area contributed by atoms with Crippen molar-refractivity contribution in [2.75, 3.05) is 18.4 Å². The van der Waals surface area contributed by atoms with Crippen LogP contribution in [0.2, 0.25) is 0 Å². The smallest absolute Gasteiger partial charge is 0.140 e. The number of fused-ring (bicyclic) bond motifs is 1. The molecule has 4 aromatic rings. The highest BCUT2D eigenvalue weighted by atomic mass is 16.3. The molecule has 5 rings (SSSR count). The van der Waals surface area contributed by atoms with E-state index in [4.69, 9.17) is 4.98 Å². The van der Waals surface area contributed by atoms with E-state index in [2.05, 4.69) is 26.8 Å². The number of aromatic nitrogens is 5. The van der Waals surface area contributed by atoms with Crippen molar-refractivity contribution >= 4 is 16.9 Å². The van der Waals surface area contributed by atoms with Crippen molar-refractivity contribution in [3.63, 3.8) is 0 Å². The molecule has 0 radical (unpaired) electrons. The number of nitrogens with one attached hydrogen (secondary N) is 2. The first kappa shape index (κ1) is 19.7. The number of pyridine rings is 1. The summed E-state index contributed by atoms with van der Waals surface area (Å²) >= 11 is 0. The Balaban J connectivity index is 1.61. The van der Waals surface area contributed by atoms with Crippen LogP contribution in [0.3, 0.4) is 0 Å². The Kier molecular flexibility index (Phi) is 4.75. The lowest BCUT2D eigenvalue weighted by molar-refractivity contribution is 0.0793. The van der Waals surface area contributed by atoms with Crippen LogP contribution in [0, 0.1) is 0 Å². The van der Waals surface area contributed by atoms with Crippen molar-refractivity contribution in [3.8, 4) is 16.9 Å². The molecule has 160 valence electrons. The zero-order valence-electron chi connectivity index (χ0n) is 18.0. The minimum Gasteiger partial charge on any atom is -0.386 e. The number of benzene rings is 1. The molecule has 0 saturated carbocycles. The molecular formula is C23H27N7O. The zero-order valence-corrected chi connectivity index (χ0v) is 18.0. The first-order chi connectivity index (χ1) is 14.9. The predicted molar refractivity (Wildman–Crippen MR) is 121 cm³/mol. The van der Waals surface area contributed by atoms with Gasteiger partial charge in [-0.25, -0.2) is 9.97 Å². The number of hydrogen-bond acceptors (Lipinski definition) is 6. The monoisotopic (exact) mass is 417 g/mol. The second-order valence-electron chi connectivity index (χ2n) is 8.68. The second kappa shape index (κ2) is 7.47. The molecule has 0 bridgehead atoms. The van der Waals surface area contributed by atoms with Gasteiger partial charge in [-0.15, -0.1) is 0 Å². The summed E-state index contributed by atoms with van der Waals surface area (Å²) < 4.78 is 3.75. The van der Waals surface area contributed by atoms with Gasteiger partial charge in [-0.3, -0.25) is 9.25 Å². The fraction of sp³-hybridized carbons (Fsp3) is 0.348. The predicted octanol–water partition coefficient (Wildman–Crippen LogP) is 2.82. The van der Waals surface area contributed by atoms with Gasteiger partial charge in [-0.1, -0.05) is 6.07 Å². The number of anilines is 1. The van der Waals surface area contributed by atoms with E-state index in [9.17, 15) is 5.11 Å². The molecule has 1 aliphatic rings. The quantitative estimate of drug-likeness (QED) is 0.462. The molecule has 1 saturated heterocycles. The number of aliphatic hydroxyl groups is 1. The Labute approximate surface area is 181 Å². The van der Waals surface area contributed by atoms with E-state index in [1.54, 1.807) is 24.9 Å². The van der Waals surface area contributed by atoms with Crippen LogP contribution in [0.25, 0.3) is 28.0 Å². The highest BCUT2D eigenvalue weighted by Crippen LogP contribution is 2.35. The van der Waals surface area contributed by atoms with E-state index < -0.39 is 5.60 Å². The molecule has 1 fully saturated rings. The Morgan fingerprint density at radius 3 is 2.84 bits per heavy atom. The molecule has 0 amide bonds. The SMILES string of the molecule is Cn1cc(-c2cc3c(cc2C(C)(C)O)ncn3-c2cccc(NC3CCNC3)n2)cn1. The highest BCUT2D eigenvalue weighted by molar-refractivity contribution is 5.86. The van der Waals surface area contributed by atoms with Crippen molar-refractivity contribution < 1.29 is 5.11 Å². The van der Waals surface area contributed by atoms with Gasteiger partial charge in [0.05, 0.1) is 22.8 Å². The van der Waals surface area contributed by atoms with Gasteiger partial charge >= 0.3 is 0 Å². The summed E-state index contributed by atoms with van der Waals surface area (Å²) in [7, 11) is 1.89. The Hall–Kier alpha value is -3.23. The largest absolute Gasteiger partial charge is 0.386 e. The first-order valence-corrected chi connectivity index (χ1v) is 10.6. The number of aryl methyl sites for hydroxylation is 1. The van der Waals surface area contributed by atoms with E-state index in [1.165, 1.54) is 0 Å². The average molecular weight is 418 g/mol. The summed E-state index contributed by atoms with van der Waals surface area (Å²) in [5, 5.41) is 22.0. The lowest BCUT2D eigenvalue weighted by Crippen LogP contribution is -2.22. The molecule has 1 unspecified atom stereocenters. The van der Waals surface area contributed by atoms with Crippen molar-refractivity contribution in [2.24, 2.45) is 7.05 Å². The van der Waals surface area contributed by atoms with Gasteiger partial charge in [0.1, 0.15) is 18.0 Å². The van der Waals surface area contributed by atoms with Crippen LogP contribution in [-0.2, 0) is 12.6 Å². The molecule has 0 spiro atoms. The molecule has 1 aromatic carbocycles. The van der Waals surface area contributed by atoms with Crippen LogP contribution in [0.4, 0.5) is 5.82 Å². The summed E-state index contributed by atoms with van der Waals surface area (Å²) in [5.74, 6) is 1.65. The van der Waals surface area contributed by atoms with Gasteiger partial charge in [0.25, 0.3) is 0 Å². The molecule has 0 aliphatic carbocycles. The third-order valence-corrected chi connectivity index (χ3v) is 5.76. The molecule has 3 aromatic heterocycles. The molecule has 3 N–H and O–H groups in total. The fourth-order valence-electron chi connectivity index (χ4n) is 4.17. The van der Waals surface area contributed by atoms with Crippen molar-refractivity contribution in [1.29, 1.82) is 0 Å². The highest BCUT2D eigenvalue weighted by Gasteiger charge is 2.24. The summed E-state index contributed by atoms with van der Waals surface area (Å²) in [5.41, 5.74) is 3.42. The molecular weight excluding hydrogens is 390 g/mol. The normalized spacial score (nSPS) is 16.8. The van der Waals surface area contributed by atoms with Crippen LogP contribution in [-0.4, -0.2) is 48.6 Å². The van der Waals surface area contributed by atoms with E-state index >= 15 is 0 Å². The van der Waals surface area contributed by atoms with E-state index in [0.717, 1.165) is 58.9 Å². The van der Waals surface area contributed by atoms with E-state index in [1.807, 2.05) is 48.3 Å². The van der Waals surface area contributed by atoms with Crippen LogP contribution in [0.15, 0.2) is 49.1 Å². The maximum Gasteiger partial charge on any atom is 0.140 e. The topological polar surface area (TPSA) is 92.8 Å². The third-order valence-electron chi connectivity index (χ3n) is 5.76. The van der Waals surface area contributed by atoms with Gasteiger partial charge in [0, 0.05) is 31.4 Å². The van der Waals surface area contributed by atoms with Crippen LogP contribution in [0.5, 0.6) is 0 Å². The number of imidazole rings is 1. The van der Waals surface area contributed by atoms with Crippen molar-refractivity contribution in [2.45, 2.75) is 31.9 Å². The minimum atomic E-state index is -1.01. The molecule has 1 atom stereocenters. The molecule has 1 aliphatic heterocycles. The van der Waals surface area contributed by atoms with Gasteiger partial charge in [-0.2, -0.15) is 5.10 Å². The van der Waals surface area contributed by atoms with Gasteiger partial charge < -0.3 is 15.7 Å². The van der Waals surface area contributed by atoms with Crippen LogP contribution >= 0.6 is 0 Å². The number of hydrogen-bond donors (Lipinski definition) is 3. The fourth-order valence-corrected chi connectivity index (χ4v) is 4.17. The second-order valence-corrected chi connectivity index (χ2v) is 8.68. The molecule has 8 nitrogen and oxygen atoms in total. The zero-order chi connectivity index (χ0) is 21.6.